The summed E-state index contributed by atoms with van der Waals surface area (Å²) in [5.74, 6) is 5.08. The van der Waals surface area contributed by atoms with Gasteiger partial charge in [0, 0.05) is 94.3 Å². The molecule has 84 heavy (non-hydrogen) atoms. The van der Waals surface area contributed by atoms with Crippen LogP contribution in [0.5, 0.6) is 0 Å². The van der Waals surface area contributed by atoms with Crippen molar-refractivity contribution in [2.24, 2.45) is 0 Å². The molecule has 14 aromatic rings. The number of hydrogen-bond donors (Lipinski definition) is 4. The van der Waals surface area contributed by atoms with Crippen LogP contribution in [-0.2, 0) is 0 Å². The summed E-state index contributed by atoms with van der Waals surface area (Å²) >= 11 is 8.44. The maximum atomic E-state index is 4.83. The molecule has 24 heteroatoms. The van der Waals surface area contributed by atoms with Gasteiger partial charge in [0.2, 0.25) is 12.3 Å². The lowest BCUT2D eigenvalue weighted by molar-refractivity contribution is 0.518. The van der Waals surface area contributed by atoms with Crippen LogP contribution in [0, 0.1) is 96.9 Å². The summed E-state index contributed by atoms with van der Waals surface area (Å²) in [4.78, 5) is 38.6. The molecule has 0 aliphatic heterocycles. The number of aromatic amines is 4. The molecule has 0 unspecified atom stereocenters. The van der Waals surface area contributed by atoms with Crippen molar-refractivity contribution >= 4 is 56.7 Å². The quantitative estimate of drug-likeness (QED) is 0.110. The Kier molecular flexibility index (Phi) is 43.7. The van der Waals surface area contributed by atoms with E-state index in [1.807, 2.05) is 147 Å². The van der Waals surface area contributed by atoms with E-state index >= 15 is 0 Å². The molecular formula is C60H78N14O5S5. The van der Waals surface area contributed by atoms with Crippen molar-refractivity contribution in [3.8, 4) is 0 Å². The van der Waals surface area contributed by atoms with Crippen LogP contribution in [0.3, 0.4) is 0 Å². The molecule has 0 fully saturated rings. The zero-order valence-electron chi connectivity index (χ0n) is 50.0. The highest BCUT2D eigenvalue weighted by Crippen LogP contribution is 2.05. The van der Waals surface area contributed by atoms with Crippen LogP contribution in [0.25, 0.3) is 0 Å². The normalized spacial score (nSPS) is 8.83. The molecule has 14 aromatic heterocycles. The van der Waals surface area contributed by atoms with Gasteiger partial charge in [-0.3, -0.25) is 9.97 Å². The summed E-state index contributed by atoms with van der Waals surface area (Å²) in [6.45, 7) is 27.3. The largest absolute Gasteiger partial charge is 0.470 e. The lowest BCUT2D eigenvalue weighted by Crippen LogP contribution is -1.66. The van der Waals surface area contributed by atoms with Gasteiger partial charge in [-0.05, 0) is 155 Å². The standard InChI is InChI=1S/2C5H7N.2C5H6O.2C5H6S.2C4H6N2.2C4H5NO.2C4H5NS.C3H4N2O.C3H4N2S/c6*1-5-3-2-4-6-5;1-4-2-5-3-6-4;1-4-5-2-3-6-4;1-4-2-5-3-6-4;1-4-5-2-3-6-4;1-4-2-5-3-6-4;1-4-5-2-3-6-4;2*1-3-5-4-2-6-3/h2*2-4,6H,1H3;4*2-4H,1H3;2*2-3H,1H3,(H,5,6);4*2-3H,1H3;2*2H,1H3. The lowest BCUT2D eigenvalue weighted by Gasteiger charge is -1.70. The minimum atomic E-state index is 0.606. The number of imidazole rings is 2. The van der Waals surface area contributed by atoms with Gasteiger partial charge in [0.15, 0.2) is 12.3 Å². The van der Waals surface area contributed by atoms with Crippen LogP contribution >= 0.6 is 56.7 Å². The Morgan fingerprint density at radius 1 is 0.369 bits per heavy atom. The SMILES string of the molecule is Cc1ccc[nH]1.Cc1ccc[nH]1.Cc1ccco1.Cc1ccco1.Cc1cccs1.Cc1cccs1.Cc1cnc[nH]1.Cc1cnco1.Cc1cncs1.Cc1ncc[nH]1.Cc1ncco1.Cc1nccs1.Cc1nnco1.Cc1nncs1. The van der Waals surface area contributed by atoms with Crippen molar-refractivity contribution in [2.45, 2.75) is 96.9 Å². The number of nitrogens with one attached hydrogen (secondary N) is 4. The molecule has 448 valence electrons. The topological polar surface area (TPSA) is 258 Å². The zero-order chi connectivity index (χ0) is 61.7. The van der Waals surface area contributed by atoms with Crippen LogP contribution in [-0.4, -0.2) is 70.2 Å². The van der Waals surface area contributed by atoms with Crippen molar-refractivity contribution in [3.05, 3.63) is 270 Å². The number of thiophene rings is 2. The Labute approximate surface area is 513 Å². The molecule has 0 radical (unpaired) electrons. The Balaban J connectivity index is 0.000000452. The Morgan fingerprint density at radius 2 is 1.02 bits per heavy atom. The number of aryl methyl sites for hydroxylation is 14. The van der Waals surface area contributed by atoms with Crippen molar-refractivity contribution in [1.82, 2.24) is 70.2 Å². The predicted octanol–water partition coefficient (Wildman–Crippen LogP) is 17.5. The highest BCUT2D eigenvalue weighted by atomic mass is 32.1. The minimum Gasteiger partial charge on any atom is -0.470 e. The van der Waals surface area contributed by atoms with Gasteiger partial charge >= 0.3 is 0 Å². The van der Waals surface area contributed by atoms with Crippen LogP contribution in [0.2, 0.25) is 0 Å². The smallest absolute Gasteiger partial charge is 0.213 e. The molecule has 0 saturated heterocycles. The number of rotatable bonds is 0. The molecule has 19 nitrogen and oxygen atoms in total. The van der Waals surface area contributed by atoms with Crippen molar-refractivity contribution in [3.63, 3.8) is 0 Å². The van der Waals surface area contributed by atoms with Gasteiger partial charge in [-0.15, -0.1) is 77.1 Å². The highest BCUT2D eigenvalue weighted by Gasteiger charge is 1.83. The molecule has 0 saturated carbocycles. The van der Waals surface area contributed by atoms with Gasteiger partial charge in [-0.1, -0.05) is 12.1 Å². The number of thiazole rings is 2. The Morgan fingerprint density at radius 3 is 1.15 bits per heavy atom. The number of H-pyrrole nitrogens is 4. The van der Waals surface area contributed by atoms with E-state index in [1.54, 1.807) is 138 Å². The van der Waals surface area contributed by atoms with Crippen molar-refractivity contribution < 1.29 is 22.1 Å². The first-order chi connectivity index (χ1) is 40.5. The predicted molar refractivity (Wildman–Crippen MR) is 343 cm³/mol. The molecule has 0 amide bonds. The first-order valence-electron chi connectivity index (χ1n) is 25.5. The van der Waals surface area contributed by atoms with Gasteiger partial charge in [-0.25, -0.2) is 19.9 Å². The second-order valence-corrected chi connectivity index (χ2v) is 21.8. The first-order valence-corrected chi connectivity index (χ1v) is 29.9. The third-order valence-electron chi connectivity index (χ3n) is 8.59. The summed E-state index contributed by atoms with van der Waals surface area (Å²) in [6, 6.07) is 23.9. The van der Waals surface area contributed by atoms with Crippen LogP contribution in [0.15, 0.2) is 216 Å². The van der Waals surface area contributed by atoms with Gasteiger partial charge in [-0.2, -0.15) is 0 Å². The molecule has 0 atom stereocenters. The van der Waals surface area contributed by atoms with E-state index in [4.69, 9.17) is 17.7 Å². The fourth-order valence-electron chi connectivity index (χ4n) is 4.56. The first kappa shape index (κ1) is 73.3. The van der Waals surface area contributed by atoms with E-state index in [-0.39, 0.29) is 0 Å². The molecular weight excluding hydrogens is 1160 g/mol. The second-order valence-electron chi connectivity index (χ2n) is 16.3. The van der Waals surface area contributed by atoms with E-state index in [2.05, 4.69) is 124 Å². The summed E-state index contributed by atoms with van der Waals surface area (Å²) < 4.78 is 23.7. The van der Waals surface area contributed by atoms with Gasteiger partial charge in [0.25, 0.3) is 0 Å². The average Bonchev–Trinajstić information content (AvgIpc) is 4.27. The van der Waals surface area contributed by atoms with E-state index in [0.717, 1.165) is 44.7 Å². The Hall–Kier alpha value is -8.68. The molecule has 4 N–H and O–H groups in total. The number of hydrogen-bond acceptors (Lipinski definition) is 20. The second kappa shape index (κ2) is 50.1. The third-order valence-corrected chi connectivity index (χ3v) is 12.2. The average molecular weight is 1240 g/mol. The van der Waals surface area contributed by atoms with Crippen molar-refractivity contribution in [1.29, 1.82) is 0 Å². The number of oxazole rings is 2. The van der Waals surface area contributed by atoms with Gasteiger partial charge in [0.05, 0.1) is 41.8 Å². The van der Waals surface area contributed by atoms with Gasteiger partial charge in [0.1, 0.15) is 39.9 Å². The van der Waals surface area contributed by atoms with E-state index < -0.39 is 0 Å². The minimum absolute atomic E-state index is 0.606. The van der Waals surface area contributed by atoms with Gasteiger partial charge < -0.3 is 42.0 Å². The molecule has 14 heterocycles. The molecule has 0 bridgehead atoms. The number of furan rings is 2. The maximum Gasteiger partial charge on any atom is 0.213 e. The number of nitrogens with zero attached hydrogens (tertiary/aromatic N) is 10. The molecule has 0 spiro atoms. The maximum absolute atomic E-state index is 4.83. The van der Waals surface area contributed by atoms with E-state index in [9.17, 15) is 0 Å². The molecule has 0 aromatic carbocycles. The molecule has 14 rings (SSSR count). The fourth-order valence-corrected chi connectivity index (χ4v) is 6.81. The molecule has 0 aliphatic carbocycles. The zero-order valence-corrected chi connectivity index (χ0v) is 54.1. The van der Waals surface area contributed by atoms with Crippen LogP contribution in [0.1, 0.15) is 76.6 Å². The number of aromatic nitrogens is 14. The molecule has 0 aliphatic rings. The summed E-state index contributed by atoms with van der Waals surface area (Å²) in [6.07, 6.45) is 25.3. The highest BCUT2D eigenvalue weighted by molar-refractivity contribution is 7.10. The Bertz CT molecular complexity index is 2420. The summed E-state index contributed by atoms with van der Waals surface area (Å²) in [7, 11) is 0. The van der Waals surface area contributed by atoms with Crippen LogP contribution < -0.4 is 0 Å². The third kappa shape index (κ3) is 48.1. The van der Waals surface area contributed by atoms with Crippen molar-refractivity contribution in [2.75, 3.05) is 0 Å². The monoisotopic (exact) mass is 1230 g/mol. The van der Waals surface area contributed by atoms with E-state index in [1.165, 1.54) is 38.8 Å². The lowest BCUT2D eigenvalue weighted by atomic mass is 10.5. The summed E-state index contributed by atoms with van der Waals surface area (Å²) in [5.41, 5.74) is 7.09. The van der Waals surface area contributed by atoms with E-state index in [0.29, 0.717) is 5.89 Å². The fraction of sp³-hybridized carbons (Fsp3) is 0.233. The summed E-state index contributed by atoms with van der Waals surface area (Å²) in [5, 5.41) is 22.5. The van der Waals surface area contributed by atoms with Crippen LogP contribution in [0.4, 0.5) is 0 Å².